The lowest BCUT2D eigenvalue weighted by Gasteiger charge is -2.24. The van der Waals surface area contributed by atoms with Gasteiger partial charge in [-0.3, -0.25) is 4.72 Å². The molecule has 0 aliphatic carbocycles. The molecular formula is C28H34N4O3S. The van der Waals surface area contributed by atoms with E-state index < -0.39 is 10.0 Å². The third kappa shape index (κ3) is 7.02. The summed E-state index contributed by atoms with van der Waals surface area (Å²) in [4.78, 5) is 11.1. The molecule has 0 amide bonds. The minimum Gasteiger partial charge on any atom is -0.396 e. The summed E-state index contributed by atoms with van der Waals surface area (Å²) in [6, 6.07) is 16.2. The largest absolute Gasteiger partial charge is 0.396 e. The Balaban J connectivity index is 1.88. The third-order valence-electron chi connectivity index (χ3n) is 5.75. The average Bonchev–Trinajstić information content (AvgIpc) is 2.89. The maximum absolute atomic E-state index is 13.3. The summed E-state index contributed by atoms with van der Waals surface area (Å²) in [6.07, 6.45) is 6.80. The summed E-state index contributed by atoms with van der Waals surface area (Å²) in [7, 11) is -3.97. The number of rotatable bonds is 14. The van der Waals surface area contributed by atoms with E-state index in [0.29, 0.717) is 31.0 Å². The molecule has 2 N–H and O–H groups in total. The van der Waals surface area contributed by atoms with E-state index in [1.807, 2.05) is 48.2 Å². The Hall–Kier alpha value is -3.49. The van der Waals surface area contributed by atoms with Crippen LogP contribution in [0.1, 0.15) is 36.8 Å². The summed E-state index contributed by atoms with van der Waals surface area (Å²) in [6.45, 7) is 11.1. The predicted octanol–water partition coefficient (Wildman–Crippen LogP) is 5.44. The molecule has 2 heterocycles. The Morgan fingerprint density at radius 3 is 2.50 bits per heavy atom. The molecule has 0 radical (unpaired) electrons. The van der Waals surface area contributed by atoms with Crippen LogP contribution in [0.2, 0.25) is 0 Å². The van der Waals surface area contributed by atoms with Crippen molar-refractivity contribution < 1.29 is 13.5 Å². The molecule has 0 saturated heterocycles. The third-order valence-corrected chi connectivity index (χ3v) is 7.01. The molecule has 190 valence electrons. The van der Waals surface area contributed by atoms with Gasteiger partial charge in [0, 0.05) is 25.3 Å². The second-order valence-electron chi connectivity index (χ2n) is 8.44. The highest BCUT2D eigenvalue weighted by molar-refractivity contribution is 7.92. The van der Waals surface area contributed by atoms with E-state index >= 15 is 0 Å². The number of anilines is 2. The van der Waals surface area contributed by atoms with Crippen LogP contribution in [-0.2, 0) is 10.0 Å². The van der Waals surface area contributed by atoms with Gasteiger partial charge in [0.25, 0.3) is 10.0 Å². The molecular weight excluding hydrogens is 472 g/mol. The number of sulfonamides is 1. The fourth-order valence-corrected chi connectivity index (χ4v) is 4.82. The first-order valence-corrected chi connectivity index (χ1v) is 13.5. The highest BCUT2D eigenvalue weighted by atomic mass is 32.2. The number of allylic oxidation sites excluding steroid dienone is 1. The predicted molar refractivity (Wildman–Crippen MR) is 148 cm³/mol. The van der Waals surface area contributed by atoms with Gasteiger partial charge in [0.2, 0.25) is 0 Å². The van der Waals surface area contributed by atoms with Crippen LogP contribution in [0.5, 0.6) is 0 Å². The normalized spacial score (nSPS) is 11.2. The van der Waals surface area contributed by atoms with Gasteiger partial charge in [-0.2, -0.15) is 8.42 Å². The molecule has 0 spiro atoms. The van der Waals surface area contributed by atoms with Crippen molar-refractivity contribution in [3.63, 3.8) is 0 Å². The molecule has 0 fully saturated rings. The van der Waals surface area contributed by atoms with Crippen LogP contribution >= 0.6 is 0 Å². The number of benzene rings is 1. The molecule has 7 nitrogen and oxygen atoms in total. The molecule has 1 aromatic carbocycles. The van der Waals surface area contributed by atoms with E-state index in [2.05, 4.69) is 27.8 Å². The number of aromatic nitrogens is 2. The van der Waals surface area contributed by atoms with E-state index in [1.54, 1.807) is 24.3 Å². The maximum atomic E-state index is 13.3. The molecule has 8 heteroatoms. The monoisotopic (exact) mass is 506 g/mol. The molecule has 3 aromatic rings. The number of aryl methyl sites for hydroxylation is 1. The number of hydrogen-bond acceptors (Lipinski definition) is 6. The van der Waals surface area contributed by atoms with Crippen molar-refractivity contribution in [1.29, 1.82) is 0 Å². The summed E-state index contributed by atoms with van der Waals surface area (Å²) in [5, 5.41) is 9.07. The fourth-order valence-electron chi connectivity index (χ4n) is 3.85. The van der Waals surface area contributed by atoms with Crippen molar-refractivity contribution in [2.45, 2.75) is 37.6 Å². The van der Waals surface area contributed by atoms with Gasteiger partial charge in [-0.1, -0.05) is 55.1 Å². The van der Waals surface area contributed by atoms with Crippen LogP contribution in [0.25, 0.3) is 17.3 Å². The SMILES string of the molecule is C=CCCCN(CCCCO)c1cccc(S(=O)(=O)Nc2ccc(C)c(-c3ccccc3C=C)n2)n1. The number of aliphatic hydroxyl groups is 1. The van der Waals surface area contributed by atoms with Gasteiger partial charge in [0.1, 0.15) is 11.6 Å². The average molecular weight is 507 g/mol. The molecule has 2 aromatic heterocycles. The van der Waals surface area contributed by atoms with E-state index in [4.69, 9.17) is 5.11 Å². The summed E-state index contributed by atoms with van der Waals surface area (Å²) in [5.41, 5.74) is 3.40. The van der Waals surface area contributed by atoms with E-state index in [1.165, 1.54) is 6.07 Å². The van der Waals surface area contributed by atoms with Crippen molar-refractivity contribution in [3.8, 4) is 11.3 Å². The Kier molecular flexibility index (Phi) is 9.78. The second-order valence-corrected chi connectivity index (χ2v) is 10.1. The first kappa shape index (κ1) is 27.1. The first-order valence-electron chi connectivity index (χ1n) is 12.1. The van der Waals surface area contributed by atoms with Crippen molar-refractivity contribution in [3.05, 3.63) is 85.0 Å². The van der Waals surface area contributed by atoms with E-state index in [-0.39, 0.29) is 17.5 Å². The lowest BCUT2D eigenvalue weighted by molar-refractivity contribution is 0.285. The van der Waals surface area contributed by atoms with Gasteiger partial charge in [0.05, 0.1) is 5.69 Å². The summed E-state index contributed by atoms with van der Waals surface area (Å²) < 4.78 is 29.1. The highest BCUT2D eigenvalue weighted by Crippen LogP contribution is 2.28. The van der Waals surface area contributed by atoms with Crippen LogP contribution in [0, 0.1) is 6.92 Å². The van der Waals surface area contributed by atoms with Crippen LogP contribution < -0.4 is 9.62 Å². The van der Waals surface area contributed by atoms with Crippen LogP contribution in [0.3, 0.4) is 0 Å². The minimum absolute atomic E-state index is 0.0775. The number of hydrogen-bond donors (Lipinski definition) is 2. The summed E-state index contributed by atoms with van der Waals surface area (Å²) >= 11 is 0. The van der Waals surface area contributed by atoms with Crippen molar-refractivity contribution in [2.75, 3.05) is 29.3 Å². The van der Waals surface area contributed by atoms with Crippen molar-refractivity contribution >= 4 is 27.7 Å². The number of unbranched alkanes of at least 4 members (excludes halogenated alkanes) is 2. The Bertz CT molecular complexity index is 1290. The zero-order valence-electron chi connectivity index (χ0n) is 20.7. The topological polar surface area (TPSA) is 95.4 Å². The molecule has 0 aliphatic heterocycles. The number of aliphatic hydroxyl groups excluding tert-OH is 1. The van der Waals surface area contributed by atoms with E-state index in [0.717, 1.165) is 36.0 Å². The molecule has 3 rings (SSSR count). The molecule has 0 saturated carbocycles. The van der Waals surface area contributed by atoms with Gasteiger partial charge in [0.15, 0.2) is 5.03 Å². The molecule has 0 bridgehead atoms. The van der Waals surface area contributed by atoms with Gasteiger partial charge in [-0.05, 0) is 61.9 Å². The van der Waals surface area contributed by atoms with E-state index in [9.17, 15) is 8.42 Å². The smallest absolute Gasteiger partial charge is 0.280 e. The molecule has 0 unspecified atom stereocenters. The zero-order chi connectivity index (χ0) is 26.0. The quantitative estimate of drug-likeness (QED) is 0.223. The molecule has 0 aliphatic rings. The lowest BCUT2D eigenvalue weighted by Crippen LogP contribution is -2.27. The van der Waals surface area contributed by atoms with Gasteiger partial charge < -0.3 is 10.0 Å². The van der Waals surface area contributed by atoms with Crippen molar-refractivity contribution in [1.82, 2.24) is 9.97 Å². The first-order chi connectivity index (χ1) is 17.4. The zero-order valence-corrected chi connectivity index (χ0v) is 21.5. The van der Waals surface area contributed by atoms with Crippen molar-refractivity contribution in [2.24, 2.45) is 0 Å². The number of pyridine rings is 2. The van der Waals surface area contributed by atoms with Crippen LogP contribution in [-0.4, -0.2) is 43.2 Å². The number of nitrogens with one attached hydrogen (secondary N) is 1. The summed E-state index contributed by atoms with van der Waals surface area (Å²) in [5.74, 6) is 0.796. The van der Waals surface area contributed by atoms with Gasteiger partial charge >= 0.3 is 0 Å². The lowest BCUT2D eigenvalue weighted by atomic mass is 10.0. The van der Waals surface area contributed by atoms with Crippen LogP contribution in [0.4, 0.5) is 11.6 Å². The number of nitrogens with zero attached hydrogens (tertiary/aromatic N) is 3. The minimum atomic E-state index is -3.97. The Morgan fingerprint density at radius 1 is 0.972 bits per heavy atom. The Labute approximate surface area is 214 Å². The van der Waals surface area contributed by atoms with Gasteiger partial charge in [-0.15, -0.1) is 6.58 Å². The fraction of sp³-hybridized carbons (Fsp3) is 0.286. The standard InChI is InChI=1S/C28H34N4O3S/c1-4-6-9-19-32(20-10-11-21-33)26-15-12-16-27(30-26)36(34,35)31-25-18-17-22(3)28(29-25)24-14-8-7-13-23(24)5-2/h4-5,7-8,12-18,33H,1-2,6,9-11,19-21H2,3H3,(H,29,31). The molecule has 0 atom stereocenters. The van der Waals surface area contributed by atoms with Crippen LogP contribution in [0.15, 0.2) is 78.9 Å². The maximum Gasteiger partial charge on any atom is 0.280 e. The van der Waals surface area contributed by atoms with Gasteiger partial charge in [-0.25, -0.2) is 9.97 Å². The Morgan fingerprint density at radius 2 is 1.75 bits per heavy atom. The second kappa shape index (κ2) is 13.0. The molecule has 36 heavy (non-hydrogen) atoms. The highest BCUT2D eigenvalue weighted by Gasteiger charge is 2.20.